The Hall–Kier alpha value is -0.520. The first-order chi connectivity index (χ1) is 7.60. The van der Waals surface area contributed by atoms with Crippen LogP contribution in [0.2, 0.25) is 0 Å². The zero-order chi connectivity index (χ0) is 12.1. The highest BCUT2D eigenvalue weighted by Gasteiger charge is 2.11. The van der Waals surface area contributed by atoms with Gasteiger partial charge in [-0.25, -0.2) is 4.39 Å². The number of hydrogen-bond acceptors (Lipinski definition) is 2. The largest absolute Gasteiger partial charge is 0.397 e. The zero-order valence-corrected chi connectivity index (χ0v) is 11.9. The van der Waals surface area contributed by atoms with Gasteiger partial charge in [-0.1, -0.05) is 13.8 Å². The Morgan fingerprint density at radius 3 is 2.31 bits per heavy atom. The lowest BCUT2D eigenvalue weighted by molar-refractivity contribution is 0.618. The molecule has 2 nitrogen and oxygen atoms in total. The number of nitrogens with zero attached hydrogens (tertiary/aromatic N) is 1. The van der Waals surface area contributed by atoms with Crippen LogP contribution in [0.25, 0.3) is 0 Å². The van der Waals surface area contributed by atoms with Gasteiger partial charge in [0.1, 0.15) is 5.82 Å². The van der Waals surface area contributed by atoms with E-state index in [9.17, 15) is 4.39 Å². The van der Waals surface area contributed by atoms with Crippen molar-refractivity contribution in [2.24, 2.45) is 0 Å². The van der Waals surface area contributed by atoms with Gasteiger partial charge in [0.05, 0.1) is 14.9 Å². The third-order valence-corrected chi connectivity index (χ3v) is 3.22. The predicted molar refractivity (Wildman–Crippen MR) is 76.3 cm³/mol. The van der Waals surface area contributed by atoms with Gasteiger partial charge in [0.2, 0.25) is 0 Å². The minimum atomic E-state index is -0.193. The molecule has 0 aliphatic carbocycles. The molecule has 0 saturated carbocycles. The van der Waals surface area contributed by atoms with Crippen LogP contribution in [0.15, 0.2) is 12.1 Å². The first-order valence-corrected chi connectivity index (χ1v) is 6.67. The normalized spacial score (nSPS) is 10.5. The van der Waals surface area contributed by atoms with Crippen molar-refractivity contribution in [3.8, 4) is 0 Å². The fourth-order valence-corrected chi connectivity index (χ4v) is 2.21. The Bertz CT molecular complexity index is 349. The van der Waals surface area contributed by atoms with Crippen molar-refractivity contribution in [3.63, 3.8) is 0 Å². The van der Waals surface area contributed by atoms with Gasteiger partial charge in [0.25, 0.3) is 0 Å². The van der Waals surface area contributed by atoms with Crippen LogP contribution >= 0.6 is 22.6 Å². The highest BCUT2D eigenvalue weighted by molar-refractivity contribution is 14.1. The average Bonchev–Trinajstić information content (AvgIpc) is 2.23. The molecule has 0 spiro atoms. The van der Waals surface area contributed by atoms with E-state index in [2.05, 4.69) is 18.7 Å². The maximum Gasteiger partial charge on any atom is 0.138 e. The third kappa shape index (κ3) is 3.23. The maximum atomic E-state index is 13.5. The molecule has 0 saturated heterocycles. The summed E-state index contributed by atoms with van der Waals surface area (Å²) in [6, 6.07) is 3.24. The van der Waals surface area contributed by atoms with Gasteiger partial charge in [-0.05, 0) is 41.5 Å². The lowest BCUT2D eigenvalue weighted by Gasteiger charge is -2.25. The lowest BCUT2D eigenvalue weighted by Crippen LogP contribution is -2.26. The van der Waals surface area contributed by atoms with E-state index in [1.807, 2.05) is 22.6 Å². The lowest BCUT2D eigenvalue weighted by atomic mass is 10.2. The quantitative estimate of drug-likeness (QED) is 0.657. The average molecular weight is 336 g/mol. The predicted octanol–water partition coefficient (Wildman–Crippen LogP) is 3.64. The summed E-state index contributed by atoms with van der Waals surface area (Å²) in [5.41, 5.74) is 7.42. The van der Waals surface area contributed by atoms with Gasteiger partial charge in [0, 0.05) is 19.2 Å². The molecule has 0 atom stereocenters. The van der Waals surface area contributed by atoms with Crippen LogP contribution in [0.3, 0.4) is 0 Å². The molecule has 0 fully saturated rings. The fourth-order valence-electron chi connectivity index (χ4n) is 1.72. The van der Waals surface area contributed by atoms with Crippen molar-refractivity contribution >= 4 is 34.0 Å². The van der Waals surface area contributed by atoms with Gasteiger partial charge < -0.3 is 10.6 Å². The number of halogens is 2. The topological polar surface area (TPSA) is 29.3 Å². The molecular formula is C12H18FIN2. The maximum absolute atomic E-state index is 13.5. The van der Waals surface area contributed by atoms with Gasteiger partial charge in [-0.2, -0.15) is 0 Å². The SMILES string of the molecule is CCCN(CCC)c1cc(F)c(I)cc1N. The molecule has 0 unspecified atom stereocenters. The van der Waals surface area contributed by atoms with E-state index in [1.54, 1.807) is 12.1 Å². The van der Waals surface area contributed by atoms with Gasteiger partial charge in [-0.15, -0.1) is 0 Å². The smallest absolute Gasteiger partial charge is 0.138 e. The first-order valence-electron chi connectivity index (χ1n) is 5.59. The Balaban J connectivity index is 3.03. The molecule has 0 aliphatic rings. The monoisotopic (exact) mass is 336 g/mol. The Kier molecular flexibility index (Phi) is 5.31. The number of nitrogen functional groups attached to an aromatic ring is 1. The summed E-state index contributed by atoms with van der Waals surface area (Å²) in [5, 5.41) is 0. The molecule has 4 heteroatoms. The molecular weight excluding hydrogens is 318 g/mol. The number of hydrogen-bond donors (Lipinski definition) is 1. The van der Waals surface area contributed by atoms with E-state index in [0.29, 0.717) is 9.26 Å². The van der Waals surface area contributed by atoms with E-state index in [1.165, 1.54) is 0 Å². The number of rotatable bonds is 5. The van der Waals surface area contributed by atoms with Crippen LogP contribution in [-0.2, 0) is 0 Å². The summed E-state index contributed by atoms with van der Waals surface area (Å²) in [6.07, 6.45) is 2.07. The van der Waals surface area contributed by atoms with Crippen LogP contribution in [0.1, 0.15) is 26.7 Å². The fraction of sp³-hybridized carbons (Fsp3) is 0.500. The van der Waals surface area contributed by atoms with Gasteiger partial charge in [0.15, 0.2) is 0 Å². The van der Waals surface area contributed by atoms with Crippen molar-refractivity contribution in [2.75, 3.05) is 23.7 Å². The highest BCUT2D eigenvalue weighted by atomic mass is 127. The minimum absolute atomic E-state index is 0.193. The van der Waals surface area contributed by atoms with Crippen molar-refractivity contribution in [3.05, 3.63) is 21.5 Å². The second-order valence-electron chi connectivity index (χ2n) is 3.81. The third-order valence-electron chi connectivity index (χ3n) is 2.40. The van der Waals surface area contributed by atoms with E-state index in [-0.39, 0.29) is 5.82 Å². The molecule has 0 amide bonds. The number of nitrogens with two attached hydrogens (primary N) is 1. The van der Waals surface area contributed by atoms with E-state index >= 15 is 0 Å². The van der Waals surface area contributed by atoms with Crippen molar-refractivity contribution in [1.29, 1.82) is 0 Å². The van der Waals surface area contributed by atoms with Gasteiger partial charge in [-0.3, -0.25) is 0 Å². The molecule has 90 valence electrons. The second-order valence-corrected chi connectivity index (χ2v) is 4.97. The molecule has 16 heavy (non-hydrogen) atoms. The second kappa shape index (κ2) is 6.27. The molecule has 0 bridgehead atoms. The van der Waals surface area contributed by atoms with E-state index in [0.717, 1.165) is 31.6 Å². The van der Waals surface area contributed by atoms with Gasteiger partial charge >= 0.3 is 0 Å². The number of benzene rings is 1. The standard InChI is InChI=1S/C12H18FIN2/c1-3-5-16(6-4-2)12-7-9(13)10(14)8-11(12)15/h7-8H,3-6,15H2,1-2H3. The van der Waals surface area contributed by atoms with Crippen molar-refractivity contribution < 1.29 is 4.39 Å². The molecule has 0 aromatic heterocycles. The molecule has 0 radical (unpaired) electrons. The summed E-state index contributed by atoms with van der Waals surface area (Å²) < 4.78 is 14.1. The Morgan fingerprint density at radius 2 is 1.81 bits per heavy atom. The Labute approximate surface area is 110 Å². The molecule has 0 heterocycles. The van der Waals surface area contributed by atoms with Crippen molar-refractivity contribution in [1.82, 2.24) is 0 Å². The Morgan fingerprint density at radius 1 is 1.25 bits per heavy atom. The van der Waals surface area contributed by atoms with Crippen LogP contribution in [0.4, 0.5) is 15.8 Å². The van der Waals surface area contributed by atoms with Crippen LogP contribution < -0.4 is 10.6 Å². The minimum Gasteiger partial charge on any atom is -0.397 e. The van der Waals surface area contributed by atoms with Crippen LogP contribution in [-0.4, -0.2) is 13.1 Å². The van der Waals surface area contributed by atoms with Crippen molar-refractivity contribution in [2.45, 2.75) is 26.7 Å². The van der Waals surface area contributed by atoms with Crippen LogP contribution in [0.5, 0.6) is 0 Å². The first kappa shape index (κ1) is 13.5. The molecule has 1 aromatic rings. The summed E-state index contributed by atoms with van der Waals surface area (Å²) >= 11 is 1.96. The zero-order valence-electron chi connectivity index (χ0n) is 9.76. The van der Waals surface area contributed by atoms with Crippen LogP contribution in [0, 0.1) is 9.39 Å². The molecule has 1 aromatic carbocycles. The summed E-state index contributed by atoms with van der Waals surface area (Å²) in [7, 11) is 0. The van der Waals surface area contributed by atoms with E-state index in [4.69, 9.17) is 5.73 Å². The summed E-state index contributed by atoms with van der Waals surface area (Å²) in [5.74, 6) is -0.193. The molecule has 2 N–H and O–H groups in total. The molecule has 1 rings (SSSR count). The van der Waals surface area contributed by atoms with E-state index < -0.39 is 0 Å². The molecule has 0 aliphatic heterocycles. The highest BCUT2D eigenvalue weighted by Crippen LogP contribution is 2.27. The summed E-state index contributed by atoms with van der Waals surface area (Å²) in [6.45, 7) is 6.06. The summed E-state index contributed by atoms with van der Waals surface area (Å²) in [4.78, 5) is 2.15. The number of anilines is 2.